The number of anilines is 1. The number of rotatable bonds is 4. The summed E-state index contributed by atoms with van der Waals surface area (Å²) in [6.45, 7) is 9.32. The Morgan fingerprint density at radius 3 is 2.82 bits per heavy atom. The van der Waals surface area contributed by atoms with E-state index in [0.717, 1.165) is 30.2 Å². The van der Waals surface area contributed by atoms with E-state index < -0.39 is 0 Å². The molecular weight excluding hydrogens is 296 g/mol. The highest BCUT2D eigenvalue weighted by molar-refractivity contribution is 7.09. The third kappa shape index (κ3) is 3.09. The molecule has 3 aromatic rings. The highest BCUT2D eigenvalue weighted by Gasteiger charge is 2.17. The zero-order chi connectivity index (χ0) is 15.7. The summed E-state index contributed by atoms with van der Waals surface area (Å²) in [7, 11) is 0. The molecule has 0 atom stereocenters. The largest absolute Gasteiger partial charge is 0.369 e. The van der Waals surface area contributed by atoms with Gasteiger partial charge in [-0.1, -0.05) is 20.8 Å². The van der Waals surface area contributed by atoms with Gasteiger partial charge in [-0.05, 0) is 6.92 Å². The number of aromatic nitrogens is 5. The molecular formula is C15H20N6S. The van der Waals surface area contributed by atoms with Crippen molar-refractivity contribution in [1.82, 2.24) is 24.6 Å². The van der Waals surface area contributed by atoms with Gasteiger partial charge in [0.2, 0.25) is 0 Å². The van der Waals surface area contributed by atoms with E-state index >= 15 is 0 Å². The number of nitrogens with zero attached hydrogens (tertiary/aromatic N) is 5. The van der Waals surface area contributed by atoms with Crippen molar-refractivity contribution in [3.63, 3.8) is 0 Å². The minimum Gasteiger partial charge on any atom is -0.369 e. The SMILES string of the molecule is Cc1cc(NCCc2csc(C(C)(C)C)n2)n2ncnc2n1. The Labute approximate surface area is 133 Å². The van der Waals surface area contributed by atoms with E-state index in [-0.39, 0.29) is 5.41 Å². The Balaban J connectivity index is 1.67. The van der Waals surface area contributed by atoms with E-state index in [9.17, 15) is 0 Å². The molecule has 0 aromatic carbocycles. The maximum absolute atomic E-state index is 4.71. The van der Waals surface area contributed by atoms with E-state index in [4.69, 9.17) is 4.98 Å². The van der Waals surface area contributed by atoms with Crippen LogP contribution in [0.4, 0.5) is 5.82 Å². The van der Waals surface area contributed by atoms with E-state index in [1.165, 1.54) is 11.3 Å². The van der Waals surface area contributed by atoms with Gasteiger partial charge in [-0.3, -0.25) is 0 Å². The zero-order valence-electron chi connectivity index (χ0n) is 13.3. The van der Waals surface area contributed by atoms with Crippen LogP contribution in [0.25, 0.3) is 5.78 Å². The van der Waals surface area contributed by atoms with Crippen LogP contribution < -0.4 is 5.32 Å². The van der Waals surface area contributed by atoms with Gasteiger partial charge in [-0.25, -0.2) is 9.97 Å². The minimum atomic E-state index is 0.117. The first-order valence-corrected chi connectivity index (χ1v) is 8.17. The van der Waals surface area contributed by atoms with Gasteiger partial charge in [-0.15, -0.1) is 11.3 Å². The molecule has 0 unspecified atom stereocenters. The van der Waals surface area contributed by atoms with Crippen LogP contribution in [0.2, 0.25) is 0 Å². The molecule has 1 N–H and O–H groups in total. The number of thiazole rings is 1. The van der Waals surface area contributed by atoms with Crippen LogP contribution in [-0.2, 0) is 11.8 Å². The summed E-state index contributed by atoms with van der Waals surface area (Å²) in [5, 5.41) is 10.9. The molecule has 0 saturated carbocycles. The fourth-order valence-electron chi connectivity index (χ4n) is 2.14. The molecule has 7 heteroatoms. The molecule has 0 aliphatic heterocycles. The van der Waals surface area contributed by atoms with Gasteiger partial charge in [0.1, 0.15) is 12.1 Å². The number of fused-ring (bicyclic) bond motifs is 1. The summed E-state index contributed by atoms with van der Waals surface area (Å²) in [6, 6.07) is 1.98. The second kappa shape index (κ2) is 5.64. The zero-order valence-corrected chi connectivity index (χ0v) is 14.1. The average Bonchev–Trinajstić information content (AvgIpc) is 3.06. The van der Waals surface area contributed by atoms with Crippen molar-refractivity contribution >= 4 is 22.9 Å². The third-order valence-electron chi connectivity index (χ3n) is 3.26. The summed E-state index contributed by atoms with van der Waals surface area (Å²) in [5.74, 6) is 1.53. The quantitative estimate of drug-likeness (QED) is 0.801. The lowest BCUT2D eigenvalue weighted by atomic mass is 9.98. The molecule has 116 valence electrons. The van der Waals surface area contributed by atoms with Crippen molar-refractivity contribution in [3.05, 3.63) is 34.2 Å². The van der Waals surface area contributed by atoms with Crippen LogP contribution in [0.5, 0.6) is 0 Å². The van der Waals surface area contributed by atoms with Crippen molar-refractivity contribution < 1.29 is 0 Å². The molecule has 22 heavy (non-hydrogen) atoms. The third-order valence-corrected chi connectivity index (χ3v) is 4.58. The maximum atomic E-state index is 4.71. The molecule has 0 radical (unpaired) electrons. The van der Waals surface area contributed by atoms with E-state index in [1.54, 1.807) is 15.9 Å². The highest BCUT2D eigenvalue weighted by Crippen LogP contribution is 2.25. The van der Waals surface area contributed by atoms with Crippen LogP contribution >= 0.6 is 11.3 Å². The van der Waals surface area contributed by atoms with E-state index in [1.807, 2.05) is 13.0 Å². The van der Waals surface area contributed by atoms with Gasteiger partial charge >= 0.3 is 0 Å². The summed E-state index contributed by atoms with van der Waals surface area (Å²) < 4.78 is 1.72. The van der Waals surface area contributed by atoms with Crippen molar-refractivity contribution in [2.45, 2.75) is 39.5 Å². The molecule has 0 aliphatic carbocycles. The van der Waals surface area contributed by atoms with Crippen LogP contribution in [-0.4, -0.2) is 31.1 Å². The molecule has 0 spiro atoms. The standard InChI is InChI=1S/C15H20N6S/c1-10-7-12(21-14(19-10)17-9-18-21)16-6-5-11-8-22-13(20-11)15(2,3)4/h7-9,16H,5-6H2,1-4H3. The lowest BCUT2D eigenvalue weighted by Gasteiger charge is -2.13. The lowest BCUT2D eigenvalue weighted by molar-refractivity contribution is 0.583. The van der Waals surface area contributed by atoms with E-state index in [0.29, 0.717) is 5.78 Å². The fourth-order valence-corrected chi connectivity index (χ4v) is 3.08. The van der Waals surface area contributed by atoms with Gasteiger partial charge < -0.3 is 5.32 Å². The predicted octanol–water partition coefficient (Wildman–Crippen LogP) is 2.84. The Hall–Kier alpha value is -2.02. The first-order valence-electron chi connectivity index (χ1n) is 7.29. The van der Waals surface area contributed by atoms with Gasteiger partial charge in [0.05, 0.1) is 10.7 Å². The van der Waals surface area contributed by atoms with Gasteiger partial charge in [-0.2, -0.15) is 14.6 Å². The minimum absolute atomic E-state index is 0.117. The van der Waals surface area contributed by atoms with Crippen molar-refractivity contribution in [2.24, 2.45) is 0 Å². The second-order valence-corrected chi connectivity index (χ2v) is 7.18. The lowest BCUT2D eigenvalue weighted by Crippen LogP contribution is -2.12. The van der Waals surface area contributed by atoms with Crippen molar-refractivity contribution in [3.8, 4) is 0 Å². The summed E-state index contributed by atoms with van der Waals surface area (Å²) in [5.41, 5.74) is 2.17. The number of hydrogen-bond acceptors (Lipinski definition) is 6. The van der Waals surface area contributed by atoms with Crippen molar-refractivity contribution in [1.29, 1.82) is 0 Å². The summed E-state index contributed by atoms with van der Waals surface area (Å²) in [6.07, 6.45) is 2.40. The number of nitrogens with one attached hydrogen (secondary N) is 1. The Morgan fingerprint density at radius 2 is 2.09 bits per heavy atom. The predicted molar refractivity (Wildman–Crippen MR) is 88.5 cm³/mol. The highest BCUT2D eigenvalue weighted by atomic mass is 32.1. The monoisotopic (exact) mass is 316 g/mol. The van der Waals surface area contributed by atoms with Crippen LogP contribution in [0, 0.1) is 6.92 Å². The van der Waals surface area contributed by atoms with E-state index in [2.05, 4.69) is 46.5 Å². The Kier molecular flexibility index (Phi) is 3.82. The van der Waals surface area contributed by atoms with Crippen LogP contribution in [0.15, 0.2) is 17.8 Å². The maximum Gasteiger partial charge on any atom is 0.254 e. The summed E-state index contributed by atoms with van der Waals surface area (Å²) in [4.78, 5) is 13.2. The van der Waals surface area contributed by atoms with Crippen molar-refractivity contribution in [2.75, 3.05) is 11.9 Å². The molecule has 0 amide bonds. The molecule has 0 aliphatic rings. The molecule has 3 heterocycles. The summed E-state index contributed by atoms with van der Waals surface area (Å²) >= 11 is 1.73. The first kappa shape index (κ1) is 14.9. The smallest absolute Gasteiger partial charge is 0.254 e. The number of hydrogen-bond donors (Lipinski definition) is 1. The Morgan fingerprint density at radius 1 is 1.27 bits per heavy atom. The fraction of sp³-hybridized carbons (Fsp3) is 0.467. The van der Waals surface area contributed by atoms with Crippen LogP contribution in [0.1, 0.15) is 37.2 Å². The molecule has 0 fully saturated rings. The second-order valence-electron chi connectivity index (χ2n) is 6.33. The molecule has 3 rings (SSSR count). The Bertz CT molecular complexity index is 783. The van der Waals surface area contributed by atoms with Gasteiger partial charge in [0.15, 0.2) is 0 Å². The first-order chi connectivity index (χ1) is 10.4. The topological polar surface area (TPSA) is 68.0 Å². The molecule has 0 bridgehead atoms. The number of aryl methyl sites for hydroxylation is 1. The van der Waals surface area contributed by atoms with Gasteiger partial charge in [0, 0.05) is 35.5 Å². The van der Waals surface area contributed by atoms with Crippen LogP contribution in [0.3, 0.4) is 0 Å². The average molecular weight is 316 g/mol. The molecule has 3 aromatic heterocycles. The normalized spacial score (nSPS) is 12.0. The van der Waals surface area contributed by atoms with Gasteiger partial charge in [0.25, 0.3) is 5.78 Å². The molecule has 0 saturated heterocycles. The molecule has 6 nitrogen and oxygen atoms in total.